The molecule has 0 aromatic heterocycles. The Balaban J connectivity index is 0.00000392. The number of rotatable bonds is 11. The molecular formula is C21H28Cl2FNO3. The predicted octanol–water partition coefficient (Wildman–Crippen LogP) is 5.39. The molecule has 0 atom stereocenters. The Hall–Kier alpha value is -1.53. The van der Waals surface area contributed by atoms with E-state index in [-0.39, 0.29) is 30.9 Å². The molecular weight excluding hydrogens is 404 g/mol. The molecule has 0 spiro atoms. The molecule has 0 fully saturated rings. The zero-order valence-electron chi connectivity index (χ0n) is 16.5. The lowest BCUT2D eigenvalue weighted by Gasteiger charge is -2.15. The van der Waals surface area contributed by atoms with Crippen molar-refractivity contribution in [1.29, 1.82) is 0 Å². The fourth-order valence-electron chi connectivity index (χ4n) is 2.50. The number of benzene rings is 2. The molecule has 0 aliphatic heterocycles. The summed E-state index contributed by atoms with van der Waals surface area (Å²) >= 11 is 6.39. The van der Waals surface area contributed by atoms with Crippen LogP contribution in [0.25, 0.3) is 0 Å². The van der Waals surface area contributed by atoms with E-state index in [2.05, 4.69) is 5.32 Å². The highest BCUT2D eigenvalue weighted by Gasteiger charge is 2.12. The highest BCUT2D eigenvalue weighted by atomic mass is 35.5. The molecule has 2 aromatic rings. The van der Waals surface area contributed by atoms with Gasteiger partial charge in [-0.05, 0) is 62.2 Å². The molecule has 2 rings (SSSR count). The summed E-state index contributed by atoms with van der Waals surface area (Å²) in [7, 11) is 1.58. The summed E-state index contributed by atoms with van der Waals surface area (Å²) in [5.41, 5.74) is 1.86. The van der Waals surface area contributed by atoms with Gasteiger partial charge in [0.15, 0.2) is 11.5 Å². The fraction of sp³-hybridized carbons (Fsp3) is 0.429. The smallest absolute Gasteiger partial charge is 0.180 e. The topological polar surface area (TPSA) is 39.7 Å². The van der Waals surface area contributed by atoms with Gasteiger partial charge < -0.3 is 19.5 Å². The lowest BCUT2D eigenvalue weighted by Crippen LogP contribution is -2.17. The average Bonchev–Trinajstić information content (AvgIpc) is 2.64. The summed E-state index contributed by atoms with van der Waals surface area (Å²) in [5, 5.41) is 3.85. The molecule has 0 aliphatic rings. The van der Waals surface area contributed by atoms with Crippen LogP contribution in [0.5, 0.6) is 11.5 Å². The number of hydrogen-bond acceptors (Lipinski definition) is 4. The molecule has 0 saturated carbocycles. The second-order valence-corrected chi connectivity index (χ2v) is 6.88. The maximum atomic E-state index is 13.0. The minimum atomic E-state index is -0.276. The number of hydrogen-bond donors (Lipinski definition) is 1. The second-order valence-electron chi connectivity index (χ2n) is 6.47. The summed E-state index contributed by atoms with van der Waals surface area (Å²) < 4.78 is 29.7. The van der Waals surface area contributed by atoms with E-state index < -0.39 is 0 Å². The Morgan fingerprint density at radius 3 is 2.46 bits per heavy atom. The number of ether oxygens (including phenoxy) is 3. The first-order valence-electron chi connectivity index (χ1n) is 9.05. The SMILES string of the molecule is COc1cc(CNCCCOC(C)C)cc(Cl)c1OCc1ccc(F)cc1.Cl. The van der Waals surface area contributed by atoms with Crippen molar-refractivity contribution in [1.82, 2.24) is 5.32 Å². The van der Waals surface area contributed by atoms with Crippen LogP contribution in [0.4, 0.5) is 4.39 Å². The molecule has 0 saturated heterocycles. The first-order chi connectivity index (χ1) is 13.0. The lowest BCUT2D eigenvalue weighted by atomic mass is 10.2. The van der Waals surface area contributed by atoms with Crippen LogP contribution >= 0.6 is 24.0 Å². The molecule has 0 heterocycles. The highest BCUT2D eigenvalue weighted by molar-refractivity contribution is 6.32. The van der Waals surface area contributed by atoms with Gasteiger partial charge in [0.25, 0.3) is 0 Å². The minimum Gasteiger partial charge on any atom is -0.493 e. The average molecular weight is 432 g/mol. The molecule has 28 heavy (non-hydrogen) atoms. The van der Waals surface area contributed by atoms with Crippen molar-refractivity contribution in [3.05, 3.63) is 58.4 Å². The van der Waals surface area contributed by atoms with E-state index in [1.807, 2.05) is 26.0 Å². The Bertz CT molecular complexity index is 712. The summed E-state index contributed by atoms with van der Waals surface area (Å²) in [5.74, 6) is 0.782. The number of methoxy groups -OCH3 is 1. The maximum absolute atomic E-state index is 13.0. The van der Waals surface area contributed by atoms with Gasteiger partial charge in [0.2, 0.25) is 0 Å². The van der Waals surface area contributed by atoms with Gasteiger partial charge in [-0.25, -0.2) is 4.39 Å². The van der Waals surface area contributed by atoms with Gasteiger partial charge in [0, 0.05) is 13.2 Å². The van der Waals surface area contributed by atoms with E-state index in [1.165, 1.54) is 12.1 Å². The Labute approximate surface area is 177 Å². The summed E-state index contributed by atoms with van der Waals surface area (Å²) in [6.45, 7) is 6.61. The van der Waals surface area contributed by atoms with Gasteiger partial charge in [-0.3, -0.25) is 0 Å². The van der Waals surface area contributed by atoms with Crippen LogP contribution in [0.3, 0.4) is 0 Å². The Morgan fingerprint density at radius 2 is 1.82 bits per heavy atom. The zero-order valence-corrected chi connectivity index (χ0v) is 18.0. The Kier molecular flexibility index (Phi) is 11.2. The molecule has 0 bridgehead atoms. The van der Waals surface area contributed by atoms with Crippen molar-refractivity contribution in [2.24, 2.45) is 0 Å². The molecule has 7 heteroatoms. The van der Waals surface area contributed by atoms with E-state index in [0.29, 0.717) is 23.1 Å². The van der Waals surface area contributed by atoms with Crippen LogP contribution < -0.4 is 14.8 Å². The largest absolute Gasteiger partial charge is 0.493 e. The van der Waals surface area contributed by atoms with Crippen molar-refractivity contribution in [3.63, 3.8) is 0 Å². The quantitative estimate of drug-likeness (QED) is 0.483. The van der Waals surface area contributed by atoms with Crippen LogP contribution in [-0.2, 0) is 17.9 Å². The zero-order chi connectivity index (χ0) is 19.6. The van der Waals surface area contributed by atoms with Gasteiger partial charge in [-0.15, -0.1) is 12.4 Å². The fourth-order valence-corrected chi connectivity index (χ4v) is 2.79. The lowest BCUT2D eigenvalue weighted by molar-refractivity contribution is 0.0770. The van der Waals surface area contributed by atoms with E-state index in [1.54, 1.807) is 19.2 Å². The molecule has 0 aliphatic carbocycles. The van der Waals surface area contributed by atoms with Crippen molar-refractivity contribution < 1.29 is 18.6 Å². The first kappa shape index (κ1) is 24.5. The second kappa shape index (κ2) is 12.8. The number of nitrogens with one attached hydrogen (secondary N) is 1. The third kappa shape index (κ3) is 8.23. The molecule has 0 radical (unpaired) electrons. The third-order valence-corrected chi connectivity index (χ3v) is 4.14. The van der Waals surface area contributed by atoms with E-state index >= 15 is 0 Å². The van der Waals surface area contributed by atoms with Crippen LogP contribution in [0.1, 0.15) is 31.4 Å². The maximum Gasteiger partial charge on any atom is 0.180 e. The minimum absolute atomic E-state index is 0. The third-order valence-electron chi connectivity index (χ3n) is 3.86. The van der Waals surface area contributed by atoms with Gasteiger partial charge >= 0.3 is 0 Å². The standard InChI is InChI=1S/C21H27ClFNO3.ClH/c1-15(2)26-10-4-9-24-13-17-11-19(22)21(20(12-17)25-3)27-14-16-5-7-18(23)8-6-16;/h5-8,11-12,15,24H,4,9-10,13-14H2,1-3H3;1H. The van der Waals surface area contributed by atoms with Crippen molar-refractivity contribution in [2.75, 3.05) is 20.3 Å². The van der Waals surface area contributed by atoms with E-state index in [4.69, 9.17) is 25.8 Å². The van der Waals surface area contributed by atoms with Crippen molar-refractivity contribution in [2.45, 2.75) is 39.5 Å². The van der Waals surface area contributed by atoms with Crippen molar-refractivity contribution in [3.8, 4) is 11.5 Å². The van der Waals surface area contributed by atoms with Gasteiger partial charge in [-0.1, -0.05) is 23.7 Å². The normalized spacial score (nSPS) is 10.6. The number of halogens is 3. The molecule has 4 nitrogen and oxygen atoms in total. The Morgan fingerprint density at radius 1 is 1.11 bits per heavy atom. The first-order valence-corrected chi connectivity index (χ1v) is 9.43. The van der Waals surface area contributed by atoms with E-state index in [0.717, 1.165) is 30.7 Å². The summed E-state index contributed by atoms with van der Waals surface area (Å²) in [4.78, 5) is 0. The molecule has 1 N–H and O–H groups in total. The van der Waals surface area contributed by atoms with Crippen LogP contribution in [0.2, 0.25) is 5.02 Å². The van der Waals surface area contributed by atoms with Crippen LogP contribution in [0.15, 0.2) is 36.4 Å². The van der Waals surface area contributed by atoms with Gasteiger partial charge in [0.05, 0.1) is 18.2 Å². The molecule has 0 unspecified atom stereocenters. The van der Waals surface area contributed by atoms with Gasteiger partial charge in [-0.2, -0.15) is 0 Å². The van der Waals surface area contributed by atoms with E-state index in [9.17, 15) is 4.39 Å². The molecule has 2 aromatic carbocycles. The molecule has 156 valence electrons. The highest BCUT2D eigenvalue weighted by Crippen LogP contribution is 2.37. The van der Waals surface area contributed by atoms with Gasteiger partial charge in [0.1, 0.15) is 12.4 Å². The summed E-state index contributed by atoms with van der Waals surface area (Å²) in [6, 6.07) is 9.93. The van der Waals surface area contributed by atoms with Crippen LogP contribution in [0, 0.1) is 5.82 Å². The monoisotopic (exact) mass is 431 g/mol. The molecule has 0 amide bonds. The van der Waals surface area contributed by atoms with Crippen LogP contribution in [-0.4, -0.2) is 26.4 Å². The van der Waals surface area contributed by atoms with Crippen molar-refractivity contribution >= 4 is 24.0 Å². The summed E-state index contributed by atoms with van der Waals surface area (Å²) in [6.07, 6.45) is 1.21. The predicted molar refractivity (Wildman–Crippen MR) is 113 cm³/mol.